The predicted octanol–water partition coefficient (Wildman–Crippen LogP) is 3.02. The number of hydrogen-bond donors (Lipinski definition) is 2. The third-order valence-electron chi connectivity index (χ3n) is 6.46. The minimum Gasteiger partial charge on any atom is -0.373 e. The molecule has 0 bridgehead atoms. The van der Waals surface area contributed by atoms with Gasteiger partial charge in [0.05, 0.1) is 6.10 Å². The summed E-state index contributed by atoms with van der Waals surface area (Å²) in [6.07, 6.45) is 2.68. The molecule has 2 saturated heterocycles. The van der Waals surface area contributed by atoms with Gasteiger partial charge in [-0.15, -0.1) is 0 Å². The van der Waals surface area contributed by atoms with E-state index in [0.29, 0.717) is 18.3 Å². The number of ether oxygens (including phenoxy) is 1. The molecule has 0 spiro atoms. The van der Waals surface area contributed by atoms with Gasteiger partial charge in [-0.05, 0) is 24.0 Å². The van der Waals surface area contributed by atoms with Crippen molar-refractivity contribution >= 4 is 11.9 Å². The van der Waals surface area contributed by atoms with Crippen molar-refractivity contribution in [3.8, 4) is 0 Å². The topological polar surface area (TPSA) is 66.0 Å². The van der Waals surface area contributed by atoms with Crippen LogP contribution in [0.2, 0.25) is 0 Å². The number of benzene rings is 2. The molecule has 2 aliphatic heterocycles. The molecule has 32 heavy (non-hydrogen) atoms. The number of hydrogen-bond acceptors (Lipinski definition) is 3. The summed E-state index contributed by atoms with van der Waals surface area (Å²) in [7, 11) is 1.79. The second-order valence-electron chi connectivity index (χ2n) is 8.73. The normalized spacial score (nSPS) is 23.5. The number of amides is 1. The Bertz CT molecular complexity index is 887. The molecule has 2 heterocycles. The van der Waals surface area contributed by atoms with E-state index in [1.54, 1.807) is 7.05 Å². The molecule has 2 N–H and O–H groups in total. The third-order valence-corrected chi connectivity index (χ3v) is 6.46. The number of carbonyl (C=O) groups excluding carboxylic acids is 1. The molecule has 2 aliphatic rings. The molecule has 0 aliphatic carbocycles. The first kappa shape index (κ1) is 22.3. The van der Waals surface area contributed by atoms with Crippen LogP contribution < -0.4 is 10.6 Å². The zero-order valence-corrected chi connectivity index (χ0v) is 18.9. The van der Waals surface area contributed by atoms with E-state index in [-0.39, 0.29) is 12.0 Å². The molecule has 2 aromatic carbocycles. The molecule has 6 nitrogen and oxygen atoms in total. The van der Waals surface area contributed by atoms with Crippen LogP contribution in [0.3, 0.4) is 0 Å². The van der Waals surface area contributed by atoms with E-state index in [4.69, 9.17) is 4.74 Å². The van der Waals surface area contributed by atoms with Crippen molar-refractivity contribution in [2.45, 2.75) is 25.4 Å². The molecule has 2 fully saturated rings. The van der Waals surface area contributed by atoms with Crippen LogP contribution in [0.4, 0.5) is 0 Å². The summed E-state index contributed by atoms with van der Waals surface area (Å²) < 4.78 is 5.99. The fourth-order valence-corrected chi connectivity index (χ4v) is 4.66. The van der Waals surface area contributed by atoms with E-state index in [0.717, 1.165) is 51.6 Å². The van der Waals surface area contributed by atoms with E-state index < -0.39 is 0 Å². The Morgan fingerprint density at radius 2 is 1.78 bits per heavy atom. The Kier molecular flexibility index (Phi) is 7.77. The van der Waals surface area contributed by atoms with Gasteiger partial charge in [0.1, 0.15) is 0 Å². The predicted molar refractivity (Wildman–Crippen MR) is 127 cm³/mol. The van der Waals surface area contributed by atoms with E-state index in [2.05, 4.69) is 52.0 Å². The molecule has 1 amide bonds. The van der Waals surface area contributed by atoms with Gasteiger partial charge in [-0.2, -0.15) is 0 Å². The summed E-state index contributed by atoms with van der Waals surface area (Å²) in [6, 6.07) is 20.8. The average molecular weight is 435 g/mol. The molecule has 0 aromatic heterocycles. The Morgan fingerprint density at radius 3 is 2.53 bits per heavy atom. The smallest absolute Gasteiger partial charge is 0.223 e. The molecule has 170 valence electrons. The monoisotopic (exact) mass is 434 g/mol. The number of likely N-dealkylation sites (tertiary alicyclic amines) is 1. The Morgan fingerprint density at radius 1 is 1.06 bits per heavy atom. The summed E-state index contributed by atoms with van der Waals surface area (Å²) in [5, 5.41) is 6.89. The van der Waals surface area contributed by atoms with E-state index >= 15 is 0 Å². The SMILES string of the molecule is CN=C(NCC1CC(=O)N(CCc2ccccc2)C1)NCC1CCOC1c1ccccc1. The zero-order chi connectivity index (χ0) is 22.2. The average Bonchev–Trinajstić information content (AvgIpc) is 3.45. The van der Waals surface area contributed by atoms with Crippen molar-refractivity contribution in [1.82, 2.24) is 15.5 Å². The molecular formula is C26H34N4O2. The van der Waals surface area contributed by atoms with Gasteiger partial charge in [0.25, 0.3) is 0 Å². The van der Waals surface area contributed by atoms with Crippen molar-refractivity contribution in [2.24, 2.45) is 16.8 Å². The third kappa shape index (κ3) is 5.88. The highest BCUT2D eigenvalue weighted by Gasteiger charge is 2.31. The van der Waals surface area contributed by atoms with Gasteiger partial charge in [0, 0.05) is 58.1 Å². The molecular weight excluding hydrogens is 400 g/mol. The number of rotatable bonds is 8. The molecule has 4 rings (SSSR count). The van der Waals surface area contributed by atoms with Crippen LogP contribution >= 0.6 is 0 Å². The quantitative estimate of drug-likeness (QED) is 0.495. The summed E-state index contributed by atoms with van der Waals surface area (Å²) in [5.41, 5.74) is 2.51. The standard InChI is InChI=1S/C26H34N4O2/c1-27-26(29-18-23-13-15-32-25(23)22-10-6-3-7-11-22)28-17-21-16-24(31)30(19-21)14-12-20-8-4-2-5-9-20/h2-11,21,23,25H,12-19H2,1H3,(H2,27,28,29). The van der Waals surface area contributed by atoms with Crippen molar-refractivity contribution in [3.05, 3.63) is 71.8 Å². The van der Waals surface area contributed by atoms with Crippen LogP contribution in [-0.2, 0) is 16.0 Å². The number of guanidine groups is 1. The summed E-state index contributed by atoms with van der Waals surface area (Å²) in [5.74, 6) is 1.77. The van der Waals surface area contributed by atoms with Gasteiger partial charge in [-0.1, -0.05) is 60.7 Å². The summed E-state index contributed by atoms with van der Waals surface area (Å²) in [6.45, 7) is 3.95. The van der Waals surface area contributed by atoms with Crippen molar-refractivity contribution in [1.29, 1.82) is 0 Å². The fourth-order valence-electron chi connectivity index (χ4n) is 4.66. The number of nitrogens with zero attached hydrogens (tertiary/aromatic N) is 2. The Balaban J connectivity index is 1.20. The lowest BCUT2D eigenvalue weighted by atomic mass is 9.95. The summed E-state index contributed by atoms with van der Waals surface area (Å²) in [4.78, 5) is 18.8. The molecule has 6 heteroatoms. The van der Waals surface area contributed by atoms with Crippen molar-refractivity contribution in [3.63, 3.8) is 0 Å². The van der Waals surface area contributed by atoms with E-state index in [9.17, 15) is 4.79 Å². The first-order valence-electron chi connectivity index (χ1n) is 11.7. The highest BCUT2D eigenvalue weighted by molar-refractivity contribution is 5.80. The van der Waals surface area contributed by atoms with Gasteiger partial charge in [0.15, 0.2) is 5.96 Å². The number of nitrogens with one attached hydrogen (secondary N) is 2. The second-order valence-corrected chi connectivity index (χ2v) is 8.73. The van der Waals surface area contributed by atoms with Crippen LogP contribution in [0.5, 0.6) is 0 Å². The fraction of sp³-hybridized carbons (Fsp3) is 0.462. The maximum absolute atomic E-state index is 12.4. The molecule has 0 radical (unpaired) electrons. The summed E-state index contributed by atoms with van der Waals surface area (Å²) >= 11 is 0. The first-order chi connectivity index (χ1) is 15.7. The Hall–Kier alpha value is -2.86. The number of carbonyl (C=O) groups is 1. The first-order valence-corrected chi connectivity index (χ1v) is 11.7. The van der Waals surface area contributed by atoms with Crippen molar-refractivity contribution in [2.75, 3.05) is 39.8 Å². The molecule has 0 saturated carbocycles. The second kappa shape index (κ2) is 11.1. The highest BCUT2D eigenvalue weighted by atomic mass is 16.5. The molecule has 3 atom stereocenters. The van der Waals surface area contributed by atoms with Crippen LogP contribution in [0.25, 0.3) is 0 Å². The lowest BCUT2D eigenvalue weighted by Gasteiger charge is -2.21. The van der Waals surface area contributed by atoms with Crippen LogP contribution in [0, 0.1) is 11.8 Å². The maximum atomic E-state index is 12.4. The van der Waals surface area contributed by atoms with Gasteiger partial charge in [0.2, 0.25) is 5.91 Å². The maximum Gasteiger partial charge on any atom is 0.223 e. The minimum atomic E-state index is 0.132. The van der Waals surface area contributed by atoms with E-state index in [1.807, 2.05) is 29.2 Å². The van der Waals surface area contributed by atoms with Crippen LogP contribution in [0.1, 0.15) is 30.1 Å². The largest absolute Gasteiger partial charge is 0.373 e. The lowest BCUT2D eigenvalue weighted by molar-refractivity contribution is -0.127. The van der Waals surface area contributed by atoms with Crippen molar-refractivity contribution < 1.29 is 9.53 Å². The van der Waals surface area contributed by atoms with Gasteiger partial charge >= 0.3 is 0 Å². The highest BCUT2D eigenvalue weighted by Crippen LogP contribution is 2.33. The van der Waals surface area contributed by atoms with E-state index in [1.165, 1.54) is 11.1 Å². The Labute approximate surface area is 191 Å². The molecule has 3 unspecified atom stereocenters. The zero-order valence-electron chi connectivity index (χ0n) is 18.9. The van der Waals surface area contributed by atoms with Gasteiger partial charge < -0.3 is 20.3 Å². The van der Waals surface area contributed by atoms with Gasteiger partial charge in [-0.25, -0.2) is 0 Å². The van der Waals surface area contributed by atoms with Gasteiger partial charge in [-0.3, -0.25) is 9.79 Å². The molecule has 2 aromatic rings. The van der Waals surface area contributed by atoms with Crippen LogP contribution in [-0.4, -0.2) is 56.6 Å². The lowest BCUT2D eigenvalue weighted by Crippen LogP contribution is -2.42. The van der Waals surface area contributed by atoms with Crippen LogP contribution in [0.15, 0.2) is 65.7 Å². The number of aliphatic imine (C=N–C) groups is 1. The minimum absolute atomic E-state index is 0.132.